The lowest BCUT2D eigenvalue weighted by Gasteiger charge is -2.16. The third kappa shape index (κ3) is 5.57. The molecule has 32 heavy (non-hydrogen) atoms. The summed E-state index contributed by atoms with van der Waals surface area (Å²) in [5, 5.41) is 4.51. The van der Waals surface area contributed by atoms with Crippen molar-refractivity contribution in [3.8, 4) is 0 Å². The quantitative estimate of drug-likeness (QED) is 0.647. The number of benzene rings is 1. The fraction of sp³-hybridized carbons (Fsp3) is 0.250. The van der Waals surface area contributed by atoms with Crippen LogP contribution >= 0.6 is 0 Å². The average Bonchev–Trinajstić information content (AvgIpc) is 2.77. The highest BCUT2D eigenvalue weighted by molar-refractivity contribution is 6.09. The zero-order valence-electron chi connectivity index (χ0n) is 18.2. The predicted molar refractivity (Wildman–Crippen MR) is 120 cm³/mol. The summed E-state index contributed by atoms with van der Waals surface area (Å²) in [4.78, 5) is 9.62. The van der Waals surface area contributed by atoms with Crippen LogP contribution in [0.3, 0.4) is 0 Å². The van der Waals surface area contributed by atoms with E-state index in [1.807, 2.05) is 10.6 Å². The summed E-state index contributed by atoms with van der Waals surface area (Å²) in [6, 6.07) is 6.63. The average molecular weight is 442 g/mol. The van der Waals surface area contributed by atoms with Gasteiger partial charge >= 0.3 is 0 Å². The van der Waals surface area contributed by atoms with Crippen molar-refractivity contribution < 1.29 is 18.0 Å². The van der Waals surface area contributed by atoms with Crippen LogP contribution in [0.4, 0.5) is 18.9 Å². The van der Waals surface area contributed by atoms with Gasteiger partial charge in [-0.2, -0.15) is 0 Å². The Balaban J connectivity index is 1.76. The Morgan fingerprint density at radius 3 is 2.75 bits per heavy atom. The van der Waals surface area contributed by atoms with Crippen LogP contribution in [-0.2, 0) is 11.4 Å². The molecule has 0 unspecified atom stereocenters. The third-order valence-electron chi connectivity index (χ3n) is 4.98. The number of nitrogens with two attached hydrogens (primary N) is 1. The summed E-state index contributed by atoms with van der Waals surface area (Å²) in [5.41, 5.74) is 9.33. The molecule has 0 saturated carbocycles. The monoisotopic (exact) mass is 442 g/mol. The van der Waals surface area contributed by atoms with E-state index >= 15 is 0 Å². The van der Waals surface area contributed by atoms with Crippen LogP contribution in [0.1, 0.15) is 25.0 Å². The third-order valence-corrected chi connectivity index (χ3v) is 4.98. The number of allylic oxidation sites excluding steroid dienone is 3. The summed E-state index contributed by atoms with van der Waals surface area (Å²) in [5.74, 6) is -2.09. The normalized spacial score (nSPS) is 15.7. The van der Waals surface area contributed by atoms with E-state index in [9.17, 15) is 13.2 Å². The molecule has 1 aliphatic rings. The number of oxime groups is 1. The lowest BCUT2D eigenvalue weighted by atomic mass is 10.0. The van der Waals surface area contributed by atoms with Gasteiger partial charge in [-0.3, -0.25) is 4.99 Å². The number of aryl methyl sites for hydroxylation is 1. The zero-order chi connectivity index (χ0) is 23.3. The standard InChI is InChI=1S/C24H25F3N4O/c1-4-18(24(27)16(3)25)11-29-22-7-8-31(13-21(22)28)12-17-9-23(30-32-14-17)19-6-5-15(2)20(26)10-19/h4-10,13H,11-12,14,28H2,1-3H3/b18-4-,24-16-,29-22?. The van der Waals surface area contributed by atoms with E-state index in [1.165, 1.54) is 12.1 Å². The number of hydrogen-bond donors (Lipinski definition) is 1. The molecule has 0 atom stereocenters. The van der Waals surface area contributed by atoms with Crippen LogP contribution in [0.5, 0.6) is 0 Å². The zero-order valence-corrected chi connectivity index (χ0v) is 18.2. The summed E-state index contributed by atoms with van der Waals surface area (Å²) < 4.78 is 42.7. The molecule has 1 aromatic carbocycles. The molecule has 1 aliphatic heterocycles. The Morgan fingerprint density at radius 2 is 2.09 bits per heavy atom. The van der Waals surface area contributed by atoms with Crippen molar-refractivity contribution in [3.05, 3.63) is 93.9 Å². The Morgan fingerprint density at radius 1 is 1.31 bits per heavy atom. The smallest absolute Gasteiger partial charge is 0.159 e. The second-order valence-electron chi connectivity index (χ2n) is 7.45. The minimum atomic E-state index is -0.907. The molecule has 2 heterocycles. The first-order valence-corrected chi connectivity index (χ1v) is 10.1. The first-order chi connectivity index (χ1) is 15.3. The molecule has 0 fully saturated rings. The number of hydrogen-bond acceptors (Lipinski definition) is 4. The number of anilines is 1. The van der Waals surface area contributed by atoms with Gasteiger partial charge in [0.1, 0.15) is 24.0 Å². The van der Waals surface area contributed by atoms with Crippen molar-refractivity contribution in [2.75, 3.05) is 18.9 Å². The van der Waals surface area contributed by atoms with Gasteiger partial charge in [0.2, 0.25) is 0 Å². The summed E-state index contributed by atoms with van der Waals surface area (Å²) in [7, 11) is 0. The molecule has 8 heteroatoms. The van der Waals surface area contributed by atoms with Gasteiger partial charge in [-0.15, -0.1) is 0 Å². The van der Waals surface area contributed by atoms with Gasteiger partial charge < -0.3 is 15.1 Å². The second kappa shape index (κ2) is 10.2. The van der Waals surface area contributed by atoms with Gasteiger partial charge in [-0.05, 0) is 50.1 Å². The highest BCUT2D eigenvalue weighted by Crippen LogP contribution is 2.18. The molecule has 0 amide bonds. The van der Waals surface area contributed by atoms with E-state index in [0.717, 1.165) is 12.5 Å². The van der Waals surface area contributed by atoms with Gasteiger partial charge in [0, 0.05) is 30.1 Å². The Hall–Kier alpha value is -3.55. The molecule has 0 spiro atoms. The topological polar surface area (TPSA) is 64.9 Å². The van der Waals surface area contributed by atoms with Crippen LogP contribution in [0, 0.1) is 12.7 Å². The largest absolute Gasteiger partial charge is 0.396 e. The van der Waals surface area contributed by atoms with Gasteiger partial charge in [0.05, 0.1) is 17.6 Å². The van der Waals surface area contributed by atoms with Crippen molar-refractivity contribution >= 4 is 11.4 Å². The molecular formula is C24H25F3N4O. The van der Waals surface area contributed by atoms with Crippen molar-refractivity contribution in [2.45, 2.75) is 27.3 Å². The molecular weight excluding hydrogens is 417 g/mol. The van der Waals surface area contributed by atoms with Crippen molar-refractivity contribution in [2.24, 2.45) is 10.1 Å². The fourth-order valence-electron chi connectivity index (χ4n) is 3.13. The van der Waals surface area contributed by atoms with E-state index in [0.29, 0.717) is 41.0 Å². The van der Waals surface area contributed by atoms with Crippen molar-refractivity contribution in [3.63, 3.8) is 0 Å². The number of nitrogens with zero attached hydrogens (tertiary/aromatic N) is 3. The molecule has 2 aromatic rings. The van der Waals surface area contributed by atoms with Crippen LogP contribution in [0.15, 0.2) is 81.8 Å². The predicted octanol–water partition coefficient (Wildman–Crippen LogP) is 4.90. The highest BCUT2D eigenvalue weighted by atomic mass is 19.2. The fourth-order valence-corrected chi connectivity index (χ4v) is 3.13. The number of halogens is 3. The summed E-state index contributed by atoms with van der Waals surface area (Å²) >= 11 is 0. The molecule has 1 aromatic heterocycles. The van der Waals surface area contributed by atoms with Gasteiger partial charge in [0.25, 0.3) is 0 Å². The van der Waals surface area contributed by atoms with Gasteiger partial charge in [0.15, 0.2) is 5.83 Å². The van der Waals surface area contributed by atoms with Gasteiger partial charge in [-0.1, -0.05) is 23.4 Å². The highest BCUT2D eigenvalue weighted by Gasteiger charge is 2.12. The second-order valence-corrected chi connectivity index (χ2v) is 7.45. The first kappa shape index (κ1) is 23.1. The van der Waals surface area contributed by atoms with Crippen LogP contribution in [0.25, 0.3) is 0 Å². The Bertz CT molecular complexity index is 1200. The molecule has 0 radical (unpaired) electrons. The molecule has 5 nitrogen and oxygen atoms in total. The van der Waals surface area contributed by atoms with Crippen LogP contribution in [0.2, 0.25) is 0 Å². The number of rotatable bonds is 6. The molecule has 0 aliphatic carbocycles. The Labute approximate surface area is 184 Å². The number of pyridine rings is 1. The Kier molecular flexibility index (Phi) is 7.35. The van der Waals surface area contributed by atoms with E-state index in [2.05, 4.69) is 10.1 Å². The molecule has 2 N–H and O–H groups in total. The van der Waals surface area contributed by atoms with E-state index in [1.54, 1.807) is 44.4 Å². The minimum absolute atomic E-state index is 0.0241. The summed E-state index contributed by atoms with van der Waals surface area (Å²) in [6.07, 6.45) is 6.84. The maximum atomic E-state index is 13.9. The SMILES string of the molecule is C/C=C(CN=c1ccn(CC2=CC(c3ccc(C)c(F)c3)=NOC2)cc1N)\C(F)=C(/C)F. The first-order valence-electron chi connectivity index (χ1n) is 10.1. The minimum Gasteiger partial charge on any atom is -0.396 e. The van der Waals surface area contributed by atoms with E-state index in [-0.39, 0.29) is 17.9 Å². The molecule has 3 rings (SSSR count). The van der Waals surface area contributed by atoms with Crippen LogP contribution in [-0.4, -0.2) is 23.4 Å². The van der Waals surface area contributed by atoms with Crippen molar-refractivity contribution in [1.82, 2.24) is 4.57 Å². The molecule has 168 valence electrons. The number of nitrogen functional groups attached to an aromatic ring is 1. The molecule has 0 saturated heterocycles. The number of aromatic nitrogens is 1. The summed E-state index contributed by atoms with van der Waals surface area (Å²) in [6.45, 7) is 5.15. The van der Waals surface area contributed by atoms with Crippen LogP contribution < -0.4 is 11.1 Å². The van der Waals surface area contributed by atoms with E-state index < -0.39 is 11.7 Å². The maximum Gasteiger partial charge on any atom is 0.159 e. The lowest BCUT2D eigenvalue weighted by molar-refractivity contribution is 0.161. The molecule has 0 bridgehead atoms. The lowest BCUT2D eigenvalue weighted by Crippen LogP contribution is -2.17. The van der Waals surface area contributed by atoms with Crippen molar-refractivity contribution in [1.29, 1.82) is 0 Å². The van der Waals surface area contributed by atoms with Gasteiger partial charge in [-0.25, -0.2) is 13.2 Å². The van der Waals surface area contributed by atoms with E-state index in [4.69, 9.17) is 10.6 Å². The maximum absolute atomic E-state index is 13.9.